The second-order valence-corrected chi connectivity index (χ2v) is 5.72. The van der Waals surface area contributed by atoms with E-state index in [1.807, 2.05) is 12.1 Å². The van der Waals surface area contributed by atoms with E-state index in [4.69, 9.17) is 11.6 Å². The lowest BCUT2D eigenvalue weighted by Gasteiger charge is -2.09. The molecule has 5 heteroatoms. The lowest BCUT2D eigenvalue weighted by molar-refractivity contribution is 0.0952. The van der Waals surface area contributed by atoms with Crippen LogP contribution in [-0.4, -0.2) is 10.9 Å². The molecule has 1 aromatic heterocycles. The van der Waals surface area contributed by atoms with Crippen LogP contribution in [0.5, 0.6) is 0 Å². The molecule has 0 radical (unpaired) electrons. The number of carbonyl (C=O) groups is 1. The standard InChI is InChI=1S/C18H14ClFN2O/c1-11-7-16(15-6-5-14(20)9-17(15)22-11)18(23)21-10-12-3-2-4-13(19)8-12/h2-9H,10H2,1H3,(H,21,23). The minimum absolute atomic E-state index is 0.230. The van der Waals surface area contributed by atoms with Crippen molar-refractivity contribution >= 4 is 28.4 Å². The number of fused-ring (bicyclic) bond motifs is 1. The van der Waals surface area contributed by atoms with Crippen molar-refractivity contribution in [2.75, 3.05) is 0 Å². The van der Waals surface area contributed by atoms with Gasteiger partial charge in [-0.05, 0) is 42.8 Å². The van der Waals surface area contributed by atoms with E-state index < -0.39 is 0 Å². The van der Waals surface area contributed by atoms with E-state index in [1.54, 1.807) is 31.2 Å². The predicted octanol–water partition coefficient (Wildman–Crippen LogP) is 4.27. The highest BCUT2D eigenvalue weighted by Gasteiger charge is 2.12. The Labute approximate surface area is 138 Å². The molecule has 116 valence electrons. The van der Waals surface area contributed by atoms with Crippen molar-refractivity contribution in [1.29, 1.82) is 0 Å². The van der Waals surface area contributed by atoms with E-state index >= 15 is 0 Å². The molecule has 1 N–H and O–H groups in total. The van der Waals surface area contributed by atoms with E-state index in [0.717, 1.165) is 5.56 Å². The number of rotatable bonds is 3. The van der Waals surface area contributed by atoms with Crippen LogP contribution in [0.2, 0.25) is 5.02 Å². The molecule has 2 aromatic carbocycles. The molecule has 3 rings (SSSR count). The van der Waals surface area contributed by atoms with Gasteiger partial charge >= 0.3 is 0 Å². The van der Waals surface area contributed by atoms with Gasteiger partial charge in [-0.1, -0.05) is 23.7 Å². The van der Waals surface area contributed by atoms with E-state index in [9.17, 15) is 9.18 Å². The number of amides is 1. The summed E-state index contributed by atoms with van der Waals surface area (Å²) in [6.07, 6.45) is 0. The number of nitrogens with one attached hydrogen (secondary N) is 1. The van der Waals surface area contributed by atoms with Crippen LogP contribution >= 0.6 is 11.6 Å². The minimum atomic E-state index is -0.374. The van der Waals surface area contributed by atoms with Crippen LogP contribution < -0.4 is 5.32 Å². The van der Waals surface area contributed by atoms with Crippen LogP contribution in [0.25, 0.3) is 10.9 Å². The Kier molecular flexibility index (Phi) is 4.26. The monoisotopic (exact) mass is 328 g/mol. The molecule has 0 aliphatic carbocycles. The van der Waals surface area contributed by atoms with Gasteiger partial charge in [0.05, 0.1) is 11.1 Å². The number of hydrogen-bond acceptors (Lipinski definition) is 2. The predicted molar refractivity (Wildman–Crippen MR) is 89.1 cm³/mol. The third-order valence-corrected chi connectivity index (χ3v) is 3.72. The van der Waals surface area contributed by atoms with Gasteiger partial charge in [-0.25, -0.2) is 4.39 Å². The molecule has 0 bridgehead atoms. The van der Waals surface area contributed by atoms with Crippen LogP contribution in [-0.2, 0) is 6.54 Å². The van der Waals surface area contributed by atoms with Gasteiger partial charge in [0.25, 0.3) is 5.91 Å². The van der Waals surface area contributed by atoms with Crippen LogP contribution in [0.3, 0.4) is 0 Å². The second kappa shape index (κ2) is 6.34. The summed E-state index contributed by atoms with van der Waals surface area (Å²) in [5.41, 5.74) is 2.52. The van der Waals surface area contributed by atoms with Crippen molar-refractivity contribution < 1.29 is 9.18 Å². The fourth-order valence-electron chi connectivity index (χ4n) is 2.45. The summed E-state index contributed by atoms with van der Waals surface area (Å²) in [6.45, 7) is 2.14. The molecule has 1 amide bonds. The maximum absolute atomic E-state index is 13.4. The Hall–Kier alpha value is -2.46. The summed E-state index contributed by atoms with van der Waals surface area (Å²) < 4.78 is 13.4. The van der Waals surface area contributed by atoms with Crippen LogP contribution in [0.15, 0.2) is 48.5 Å². The quantitative estimate of drug-likeness (QED) is 0.780. The topological polar surface area (TPSA) is 42.0 Å². The molecule has 0 saturated heterocycles. The molecule has 0 unspecified atom stereocenters. The normalized spacial score (nSPS) is 10.7. The first-order valence-electron chi connectivity index (χ1n) is 7.12. The summed E-state index contributed by atoms with van der Waals surface area (Å²) >= 11 is 5.93. The van der Waals surface area contributed by atoms with E-state index in [0.29, 0.717) is 33.7 Å². The van der Waals surface area contributed by atoms with Crippen molar-refractivity contribution in [3.05, 3.63) is 76.2 Å². The molecule has 0 saturated carbocycles. The zero-order valence-electron chi connectivity index (χ0n) is 12.4. The molecule has 3 nitrogen and oxygen atoms in total. The third-order valence-electron chi connectivity index (χ3n) is 3.49. The smallest absolute Gasteiger partial charge is 0.252 e. The fraction of sp³-hybridized carbons (Fsp3) is 0.111. The van der Waals surface area contributed by atoms with Gasteiger partial charge in [-0.3, -0.25) is 9.78 Å². The lowest BCUT2D eigenvalue weighted by Crippen LogP contribution is -2.23. The Morgan fingerprint density at radius 3 is 2.83 bits per heavy atom. The highest BCUT2D eigenvalue weighted by atomic mass is 35.5. The average Bonchev–Trinajstić information content (AvgIpc) is 2.51. The number of aryl methyl sites for hydroxylation is 1. The highest BCUT2D eigenvalue weighted by Crippen LogP contribution is 2.20. The Balaban J connectivity index is 1.88. The number of carbonyl (C=O) groups excluding carboxylic acids is 1. The molecule has 0 atom stereocenters. The molecular weight excluding hydrogens is 315 g/mol. The number of benzene rings is 2. The van der Waals surface area contributed by atoms with Crippen LogP contribution in [0.4, 0.5) is 4.39 Å². The summed E-state index contributed by atoms with van der Waals surface area (Å²) in [5.74, 6) is -0.604. The van der Waals surface area contributed by atoms with E-state index in [-0.39, 0.29) is 11.7 Å². The number of pyridine rings is 1. The van der Waals surface area contributed by atoms with E-state index in [2.05, 4.69) is 10.3 Å². The molecule has 0 fully saturated rings. The largest absolute Gasteiger partial charge is 0.348 e. The van der Waals surface area contributed by atoms with Crippen molar-refractivity contribution in [3.8, 4) is 0 Å². The zero-order chi connectivity index (χ0) is 16.4. The molecule has 0 spiro atoms. The molecule has 1 heterocycles. The molecular formula is C18H14ClFN2O. The maximum atomic E-state index is 13.4. The number of aromatic nitrogens is 1. The minimum Gasteiger partial charge on any atom is -0.348 e. The molecule has 23 heavy (non-hydrogen) atoms. The summed E-state index contributed by atoms with van der Waals surface area (Å²) in [5, 5.41) is 4.11. The van der Waals surface area contributed by atoms with Crippen molar-refractivity contribution in [3.63, 3.8) is 0 Å². The SMILES string of the molecule is Cc1cc(C(=O)NCc2cccc(Cl)c2)c2ccc(F)cc2n1. The van der Waals surface area contributed by atoms with Crippen molar-refractivity contribution in [1.82, 2.24) is 10.3 Å². The first-order chi connectivity index (χ1) is 11.0. The molecule has 0 aliphatic heterocycles. The first-order valence-corrected chi connectivity index (χ1v) is 7.50. The third kappa shape index (κ3) is 3.48. The Morgan fingerprint density at radius 2 is 2.04 bits per heavy atom. The molecule has 3 aromatic rings. The van der Waals surface area contributed by atoms with Crippen molar-refractivity contribution in [2.24, 2.45) is 0 Å². The summed E-state index contributed by atoms with van der Waals surface area (Å²) in [4.78, 5) is 16.8. The number of hydrogen-bond donors (Lipinski definition) is 1. The van der Waals surface area contributed by atoms with Crippen LogP contribution in [0.1, 0.15) is 21.6 Å². The van der Waals surface area contributed by atoms with Crippen molar-refractivity contribution in [2.45, 2.75) is 13.5 Å². The number of halogens is 2. The Bertz CT molecular complexity index is 890. The zero-order valence-corrected chi connectivity index (χ0v) is 13.2. The summed E-state index contributed by atoms with van der Waals surface area (Å²) in [7, 11) is 0. The van der Waals surface area contributed by atoms with Gasteiger partial charge < -0.3 is 5.32 Å². The lowest BCUT2D eigenvalue weighted by atomic mass is 10.1. The van der Waals surface area contributed by atoms with Gasteiger partial charge in [0.2, 0.25) is 0 Å². The summed E-state index contributed by atoms with van der Waals surface area (Å²) in [6, 6.07) is 13.2. The molecule has 0 aliphatic rings. The van der Waals surface area contributed by atoms with Gasteiger partial charge in [0.1, 0.15) is 5.82 Å². The van der Waals surface area contributed by atoms with Gasteiger partial charge in [0, 0.05) is 28.7 Å². The van der Waals surface area contributed by atoms with Gasteiger partial charge in [-0.2, -0.15) is 0 Å². The fourth-order valence-corrected chi connectivity index (χ4v) is 2.66. The second-order valence-electron chi connectivity index (χ2n) is 5.29. The van der Waals surface area contributed by atoms with Gasteiger partial charge in [-0.15, -0.1) is 0 Å². The maximum Gasteiger partial charge on any atom is 0.252 e. The first kappa shape index (κ1) is 15.4. The van der Waals surface area contributed by atoms with E-state index in [1.165, 1.54) is 12.1 Å². The van der Waals surface area contributed by atoms with Crippen LogP contribution in [0, 0.1) is 12.7 Å². The number of nitrogens with zero attached hydrogens (tertiary/aromatic N) is 1. The average molecular weight is 329 g/mol. The van der Waals surface area contributed by atoms with Gasteiger partial charge in [0.15, 0.2) is 0 Å². The highest BCUT2D eigenvalue weighted by molar-refractivity contribution is 6.30. The Morgan fingerprint density at radius 1 is 1.22 bits per heavy atom.